The molecule has 31 heavy (non-hydrogen) atoms. The Morgan fingerprint density at radius 2 is 1.94 bits per heavy atom. The van der Waals surface area contributed by atoms with Gasteiger partial charge in [-0.05, 0) is 68.7 Å². The number of nitrogens with one attached hydrogen (secondary N) is 2. The van der Waals surface area contributed by atoms with Crippen LogP contribution in [0.25, 0.3) is 5.52 Å². The monoisotopic (exact) mass is 437 g/mol. The largest absolute Gasteiger partial charge is 0.321 e. The van der Waals surface area contributed by atoms with Gasteiger partial charge in [-0.1, -0.05) is 30.3 Å². The van der Waals surface area contributed by atoms with Crippen LogP contribution in [0.4, 0.5) is 11.4 Å². The zero-order chi connectivity index (χ0) is 22.0. The van der Waals surface area contributed by atoms with Crippen molar-refractivity contribution >= 4 is 40.3 Å². The Balaban J connectivity index is 1.72. The summed E-state index contributed by atoms with van der Waals surface area (Å²) in [5.74, 6) is -0.298. The van der Waals surface area contributed by atoms with Gasteiger partial charge >= 0.3 is 0 Å². The molecule has 2 aromatic heterocycles. The topological polar surface area (TPSA) is 78.7 Å². The molecule has 8 heteroatoms. The summed E-state index contributed by atoms with van der Waals surface area (Å²) in [4.78, 5) is 27.3. The van der Waals surface area contributed by atoms with Crippen LogP contribution in [0, 0.1) is 0 Å². The second-order valence-electron chi connectivity index (χ2n) is 7.74. The first-order chi connectivity index (χ1) is 15.0. The molecule has 7 nitrogen and oxygen atoms in total. The first-order valence-corrected chi connectivity index (χ1v) is 10.5. The molecule has 1 saturated heterocycles. The lowest BCUT2D eigenvalue weighted by atomic mass is 9.88. The smallest absolute Gasteiger partial charge is 0.259 e. The zero-order valence-electron chi connectivity index (χ0n) is 17.3. The van der Waals surface area contributed by atoms with Crippen LogP contribution in [-0.4, -0.2) is 46.5 Å². The van der Waals surface area contributed by atoms with Crippen LogP contribution in [0.1, 0.15) is 34.7 Å². The quantitative estimate of drug-likeness (QED) is 0.587. The zero-order valence-corrected chi connectivity index (χ0v) is 18.0. The summed E-state index contributed by atoms with van der Waals surface area (Å²) in [6.07, 6.45) is 6.47. The lowest BCUT2D eigenvalue weighted by Crippen LogP contribution is -2.29. The van der Waals surface area contributed by atoms with E-state index in [-0.39, 0.29) is 17.7 Å². The van der Waals surface area contributed by atoms with Gasteiger partial charge in [-0.25, -0.2) is 4.52 Å². The Labute approximate surface area is 185 Å². The predicted octanol–water partition coefficient (Wildman–Crippen LogP) is 4.17. The highest BCUT2D eigenvalue weighted by Gasteiger charge is 2.24. The van der Waals surface area contributed by atoms with Crippen LogP contribution >= 0.6 is 11.6 Å². The second kappa shape index (κ2) is 8.91. The molecule has 1 fully saturated rings. The lowest BCUT2D eigenvalue weighted by Gasteiger charge is -2.30. The third-order valence-corrected chi connectivity index (χ3v) is 5.99. The molecule has 0 unspecified atom stereocenters. The Hall–Kier alpha value is -3.16. The minimum Gasteiger partial charge on any atom is -0.321 e. The fourth-order valence-electron chi connectivity index (χ4n) is 3.91. The van der Waals surface area contributed by atoms with Gasteiger partial charge in [0.25, 0.3) is 5.91 Å². The van der Waals surface area contributed by atoms with E-state index in [2.05, 4.69) is 34.3 Å². The molecule has 3 heterocycles. The minimum absolute atomic E-state index is 0.274. The number of fused-ring (bicyclic) bond motifs is 1. The van der Waals surface area contributed by atoms with Crippen molar-refractivity contribution in [2.24, 2.45) is 0 Å². The number of nitrogens with zero attached hydrogens (tertiary/aromatic N) is 3. The average molecular weight is 438 g/mol. The van der Waals surface area contributed by atoms with Crippen molar-refractivity contribution in [1.29, 1.82) is 0 Å². The highest BCUT2D eigenvalue weighted by molar-refractivity contribution is 6.34. The van der Waals surface area contributed by atoms with E-state index in [0.29, 0.717) is 27.5 Å². The maximum absolute atomic E-state index is 13.0. The predicted molar refractivity (Wildman–Crippen MR) is 123 cm³/mol. The molecule has 3 aromatic rings. The number of hydrogen-bond acceptors (Lipinski definition) is 4. The molecule has 2 N–H and O–H groups in total. The molecular weight excluding hydrogens is 414 g/mol. The van der Waals surface area contributed by atoms with Gasteiger partial charge in [-0.3, -0.25) is 9.59 Å². The van der Waals surface area contributed by atoms with E-state index in [0.717, 1.165) is 31.5 Å². The Morgan fingerprint density at radius 3 is 2.65 bits per heavy atom. The molecule has 160 valence electrons. The number of hydrogen-bond donors (Lipinski definition) is 2. The number of carbonyl (C=O) groups excluding carboxylic acids is 2. The van der Waals surface area contributed by atoms with Gasteiger partial charge in [0.05, 0.1) is 39.9 Å². The molecule has 0 atom stereocenters. The third kappa shape index (κ3) is 4.47. The number of pyridine rings is 1. The number of aromatic nitrogens is 2. The number of anilines is 2. The Bertz CT molecular complexity index is 1150. The molecule has 0 spiro atoms. The van der Waals surface area contributed by atoms with E-state index in [1.54, 1.807) is 28.9 Å². The van der Waals surface area contributed by atoms with Gasteiger partial charge in [0.2, 0.25) is 5.91 Å². The molecule has 1 aromatic carbocycles. The maximum Gasteiger partial charge on any atom is 0.259 e. The van der Waals surface area contributed by atoms with Crippen molar-refractivity contribution in [3.8, 4) is 0 Å². The van der Waals surface area contributed by atoms with Crippen molar-refractivity contribution < 1.29 is 9.59 Å². The van der Waals surface area contributed by atoms with E-state index in [1.807, 2.05) is 12.1 Å². The van der Waals surface area contributed by atoms with Gasteiger partial charge < -0.3 is 15.5 Å². The van der Waals surface area contributed by atoms with Crippen LogP contribution < -0.4 is 10.6 Å². The van der Waals surface area contributed by atoms with Crippen molar-refractivity contribution in [3.05, 3.63) is 71.5 Å². The molecule has 1 aliphatic heterocycles. The van der Waals surface area contributed by atoms with Gasteiger partial charge in [-0.2, -0.15) is 5.10 Å². The normalized spacial score (nSPS) is 15.0. The SMILES string of the molecule is C=CC(=O)Nc1cn2ncc(C(=O)Nc3ccccc3Cl)c2cc1C1CCN(C)CC1. The number of para-hydroxylation sites is 1. The highest BCUT2D eigenvalue weighted by atomic mass is 35.5. The lowest BCUT2D eigenvalue weighted by molar-refractivity contribution is -0.111. The summed E-state index contributed by atoms with van der Waals surface area (Å²) >= 11 is 6.18. The average Bonchev–Trinajstić information content (AvgIpc) is 3.18. The summed E-state index contributed by atoms with van der Waals surface area (Å²) in [5, 5.41) is 10.5. The van der Waals surface area contributed by atoms with E-state index >= 15 is 0 Å². The van der Waals surface area contributed by atoms with Crippen LogP contribution in [0.5, 0.6) is 0 Å². The number of likely N-dealkylation sites (tertiary alicyclic amines) is 1. The number of amides is 2. The van der Waals surface area contributed by atoms with Gasteiger partial charge in [0.15, 0.2) is 0 Å². The number of rotatable bonds is 5. The van der Waals surface area contributed by atoms with Crippen LogP contribution in [0.2, 0.25) is 5.02 Å². The van der Waals surface area contributed by atoms with Crippen molar-refractivity contribution in [3.63, 3.8) is 0 Å². The fourth-order valence-corrected chi connectivity index (χ4v) is 4.10. The van der Waals surface area contributed by atoms with E-state index in [9.17, 15) is 9.59 Å². The first kappa shape index (κ1) is 21.1. The molecule has 2 amide bonds. The van der Waals surface area contributed by atoms with Crippen LogP contribution in [0.15, 0.2) is 55.4 Å². The first-order valence-electron chi connectivity index (χ1n) is 10.2. The number of benzene rings is 1. The van der Waals surface area contributed by atoms with Crippen LogP contribution in [-0.2, 0) is 4.79 Å². The molecule has 0 aliphatic carbocycles. The van der Waals surface area contributed by atoms with E-state index in [1.165, 1.54) is 12.3 Å². The summed E-state index contributed by atoms with van der Waals surface area (Å²) in [6.45, 7) is 5.49. The standard InChI is InChI=1S/C23H24ClN5O2/c1-3-22(30)26-20-14-29-21(12-16(20)15-8-10-28(2)11-9-15)17(13-25-29)23(31)27-19-7-5-4-6-18(19)24/h3-7,12-15H,1,8-11H2,2H3,(H,26,30)(H,27,31). The van der Waals surface area contributed by atoms with Crippen molar-refractivity contribution in [2.45, 2.75) is 18.8 Å². The third-order valence-electron chi connectivity index (χ3n) is 5.66. The number of halogens is 1. The highest BCUT2D eigenvalue weighted by Crippen LogP contribution is 2.34. The second-order valence-corrected chi connectivity index (χ2v) is 8.14. The van der Waals surface area contributed by atoms with Gasteiger partial charge in [0, 0.05) is 0 Å². The summed E-state index contributed by atoms with van der Waals surface area (Å²) < 4.78 is 1.61. The molecular formula is C23H24ClN5O2. The molecule has 1 aliphatic rings. The molecule has 4 rings (SSSR count). The molecule has 0 radical (unpaired) electrons. The minimum atomic E-state index is -0.291. The van der Waals surface area contributed by atoms with Crippen molar-refractivity contribution in [1.82, 2.24) is 14.5 Å². The summed E-state index contributed by atoms with van der Waals surface area (Å²) in [5.41, 5.74) is 3.35. The number of piperidine rings is 1. The fraction of sp³-hybridized carbons (Fsp3) is 0.261. The maximum atomic E-state index is 13.0. The van der Waals surface area contributed by atoms with Gasteiger partial charge in [0.1, 0.15) is 0 Å². The van der Waals surface area contributed by atoms with Gasteiger partial charge in [-0.15, -0.1) is 0 Å². The molecule has 0 saturated carbocycles. The van der Waals surface area contributed by atoms with Crippen LogP contribution in [0.3, 0.4) is 0 Å². The number of carbonyl (C=O) groups is 2. The van der Waals surface area contributed by atoms with E-state index in [4.69, 9.17) is 11.6 Å². The molecule has 0 bridgehead atoms. The van der Waals surface area contributed by atoms with Crippen molar-refractivity contribution in [2.75, 3.05) is 30.8 Å². The summed E-state index contributed by atoms with van der Waals surface area (Å²) in [7, 11) is 2.11. The Morgan fingerprint density at radius 1 is 1.19 bits per heavy atom. The Kier molecular flexibility index (Phi) is 6.06. The summed E-state index contributed by atoms with van der Waals surface area (Å²) in [6, 6.07) is 9.05. The van der Waals surface area contributed by atoms with E-state index < -0.39 is 0 Å².